The average molecular weight is 185 g/mol. The van der Waals surface area contributed by atoms with Gasteiger partial charge in [-0.2, -0.15) is 0 Å². The van der Waals surface area contributed by atoms with Crippen molar-refractivity contribution in [1.82, 2.24) is 5.32 Å². The highest BCUT2D eigenvalue weighted by molar-refractivity contribution is 5.72. The molecule has 0 bridgehead atoms. The Kier molecular flexibility index (Phi) is 7.30. The minimum absolute atomic E-state index is 0.431. The van der Waals surface area contributed by atoms with E-state index in [9.17, 15) is 4.79 Å². The molecule has 0 aliphatic heterocycles. The third-order valence-corrected chi connectivity index (χ3v) is 1.91. The maximum atomic E-state index is 10.4. The Labute approximate surface area is 79.8 Å². The van der Waals surface area contributed by atoms with Crippen LogP contribution in [0.4, 0.5) is 0 Å². The number of aliphatic carboxylic acids is 1. The number of allylic oxidation sites excluding steroid dienone is 1. The van der Waals surface area contributed by atoms with Crippen LogP contribution in [-0.2, 0) is 4.79 Å². The number of unbranched alkanes of at least 4 members (excludes halogenated alkanes) is 3. The van der Waals surface area contributed by atoms with Gasteiger partial charge < -0.3 is 10.4 Å². The minimum atomic E-state index is -0.786. The average Bonchev–Trinajstić information content (AvgIpc) is 2.10. The van der Waals surface area contributed by atoms with Crippen molar-refractivity contribution in [3.05, 3.63) is 12.7 Å². The molecule has 76 valence electrons. The van der Waals surface area contributed by atoms with Crippen LogP contribution in [0.15, 0.2) is 12.7 Å². The Morgan fingerprint density at radius 2 is 2.23 bits per heavy atom. The van der Waals surface area contributed by atoms with Crippen LogP contribution in [0.25, 0.3) is 0 Å². The van der Waals surface area contributed by atoms with Gasteiger partial charge in [-0.3, -0.25) is 4.79 Å². The third kappa shape index (κ3) is 7.53. The number of carboxylic acids is 1. The molecule has 0 aromatic heterocycles. The predicted octanol–water partition coefficient (Wildman–Crippen LogP) is 1.80. The van der Waals surface area contributed by atoms with E-state index in [2.05, 4.69) is 11.9 Å². The molecule has 0 heterocycles. The lowest BCUT2D eigenvalue weighted by Gasteiger charge is -2.07. The molecular formula is C10H19NO2. The molecule has 0 saturated heterocycles. The van der Waals surface area contributed by atoms with Gasteiger partial charge in [-0.25, -0.2) is 0 Å². The summed E-state index contributed by atoms with van der Waals surface area (Å²) in [4.78, 5) is 10.4. The summed E-state index contributed by atoms with van der Waals surface area (Å²) in [6.45, 7) is 6.08. The fraction of sp³-hybridized carbons (Fsp3) is 0.700. The summed E-state index contributed by atoms with van der Waals surface area (Å²) in [5.41, 5.74) is 0. The van der Waals surface area contributed by atoms with Crippen LogP contribution >= 0.6 is 0 Å². The number of hydrogen-bond acceptors (Lipinski definition) is 2. The zero-order valence-corrected chi connectivity index (χ0v) is 8.25. The van der Waals surface area contributed by atoms with Crippen molar-refractivity contribution in [3.63, 3.8) is 0 Å². The molecule has 3 nitrogen and oxygen atoms in total. The molecule has 2 N–H and O–H groups in total. The monoisotopic (exact) mass is 185 g/mol. The molecule has 0 saturated carbocycles. The molecular weight excluding hydrogens is 166 g/mol. The lowest BCUT2D eigenvalue weighted by atomic mass is 10.2. The van der Waals surface area contributed by atoms with Crippen molar-refractivity contribution >= 4 is 5.97 Å². The maximum Gasteiger partial charge on any atom is 0.320 e. The van der Waals surface area contributed by atoms with E-state index in [0.29, 0.717) is 0 Å². The topological polar surface area (TPSA) is 49.3 Å². The summed E-state index contributed by atoms with van der Waals surface area (Å²) in [6.07, 6.45) is 6.27. The van der Waals surface area contributed by atoms with E-state index in [1.54, 1.807) is 6.92 Å². The van der Waals surface area contributed by atoms with Gasteiger partial charge in [-0.1, -0.05) is 12.5 Å². The number of rotatable bonds is 8. The van der Waals surface area contributed by atoms with Gasteiger partial charge >= 0.3 is 5.97 Å². The van der Waals surface area contributed by atoms with Gasteiger partial charge in [0.1, 0.15) is 6.04 Å². The number of carbonyl (C=O) groups is 1. The van der Waals surface area contributed by atoms with E-state index in [4.69, 9.17) is 5.11 Å². The summed E-state index contributed by atoms with van der Waals surface area (Å²) in [5.74, 6) is -0.786. The number of nitrogens with one attached hydrogen (secondary N) is 1. The first-order valence-electron chi connectivity index (χ1n) is 4.75. The highest BCUT2D eigenvalue weighted by atomic mass is 16.4. The lowest BCUT2D eigenvalue weighted by molar-refractivity contribution is -0.138. The predicted molar refractivity (Wildman–Crippen MR) is 53.8 cm³/mol. The van der Waals surface area contributed by atoms with E-state index in [-0.39, 0.29) is 0 Å². The van der Waals surface area contributed by atoms with E-state index in [1.807, 2.05) is 6.08 Å². The van der Waals surface area contributed by atoms with Crippen LogP contribution in [0.5, 0.6) is 0 Å². The molecule has 1 atom stereocenters. The zero-order chi connectivity index (χ0) is 10.1. The van der Waals surface area contributed by atoms with E-state index in [1.165, 1.54) is 0 Å². The van der Waals surface area contributed by atoms with Gasteiger partial charge in [0, 0.05) is 0 Å². The standard InChI is InChI=1S/C10H19NO2/c1-3-4-5-6-7-8-11-9(2)10(12)13/h3,9,11H,1,4-8H2,2H3,(H,12,13)/t9-/m0/s1. The van der Waals surface area contributed by atoms with Crippen molar-refractivity contribution in [1.29, 1.82) is 0 Å². The van der Waals surface area contributed by atoms with Crippen LogP contribution in [0.2, 0.25) is 0 Å². The third-order valence-electron chi connectivity index (χ3n) is 1.91. The first-order valence-corrected chi connectivity index (χ1v) is 4.75. The van der Waals surface area contributed by atoms with Gasteiger partial charge in [0.25, 0.3) is 0 Å². The van der Waals surface area contributed by atoms with E-state index < -0.39 is 12.0 Å². The van der Waals surface area contributed by atoms with Crippen LogP contribution < -0.4 is 5.32 Å². The number of hydrogen-bond donors (Lipinski definition) is 2. The minimum Gasteiger partial charge on any atom is -0.480 e. The van der Waals surface area contributed by atoms with Crippen molar-refractivity contribution in [2.75, 3.05) is 6.54 Å². The second kappa shape index (κ2) is 7.80. The summed E-state index contributed by atoms with van der Waals surface area (Å²) in [7, 11) is 0. The first kappa shape index (κ1) is 12.2. The second-order valence-electron chi connectivity index (χ2n) is 3.15. The SMILES string of the molecule is C=CCCCCCN[C@@H](C)C(=O)O. The Balaban J connectivity index is 3.15. The molecule has 0 radical (unpaired) electrons. The van der Waals surface area contributed by atoms with Crippen molar-refractivity contribution < 1.29 is 9.90 Å². The number of carboxylic acid groups (broad SMARTS) is 1. The van der Waals surface area contributed by atoms with Gasteiger partial charge in [-0.15, -0.1) is 6.58 Å². The highest BCUT2D eigenvalue weighted by Crippen LogP contribution is 1.98. The molecule has 0 amide bonds. The normalized spacial score (nSPS) is 12.4. The molecule has 0 fully saturated rings. The van der Waals surface area contributed by atoms with E-state index in [0.717, 1.165) is 32.2 Å². The van der Waals surface area contributed by atoms with Crippen LogP contribution in [0.3, 0.4) is 0 Å². The summed E-state index contributed by atoms with van der Waals surface area (Å²) >= 11 is 0. The van der Waals surface area contributed by atoms with Gasteiger partial charge in [0.2, 0.25) is 0 Å². The van der Waals surface area contributed by atoms with Crippen LogP contribution in [0.1, 0.15) is 32.6 Å². The van der Waals surface area contributed by atoms with Crippen molar-refractivity contribution in [2.45, 2.75) is 38.6 Å². The summed E-state index contributed by atoms with van der Waals surface area (Å²) in [6, 6.07) is -0.431. The van der Waals surface area contributed by atoms with E-state index >= 15 is 0 Å². The smallest absolute Gasteiger partial charge is 0.320 e. The van der Waals surface area contributed by atoms with Gasteiger partial charge in [0.15, 0.2) is 0 Å². The second-order valence-corrected chi connectivity index (χ2v) is 3.15. The molecule has 13 heavy (non-hydrogen) atoms. The van der Waals surface area contributed by atoms with Gasteiger partial charge in [-0.05, 0) is 32.7 Å². The highest BCUT2D eigenvalue weighted by Gasteiger charge is 2.07. The fourth-order valence-electron chi connectivity index (χ4n) is 0.996. The molecule has 0 aliphatic carbocycles. The summed E-state index contributed by atoms with van der Waals surface area (Å²) < 4.78 is 0. The Hall–Kier alpha value is -0.830. The molecule has 0 unspecified atom stereocenters. The molecule has 0 rings (SSSR count). The quantitative estimate of drug-likeness (QED) is 0.448. The molecule has 0 aliphatic rings. The van der Waals surface area contributed by atoms with Gasteiger partial charge in [0.05, 0.1) is 0 Å². The van der Waals surface area contributed by atoms with Crippen LogP contribution in [-0.4, -0.2) is 23.7 Å². The van der Waals surface area contributed by atoms with Crippen molar-refractivity contribution in [2.24, 2.45) is 0 Å². The molecule has 0 aromatic rings. The largest absolute Gasteiger partial charge is 0.480 e. The summed E-state index contributed by atoms with van der Waals surface area (Å²) in [5, 5.41) is 11.5. The Morgan fingerprint density at radius 1 is 1.54 bits per heavy atom. The molecule has 0 spiro atoms. The van der Waals surface area contributed by atoms with Crippen LogP contribution in [0, 0.1) is 0 Å². The Bertz CT molecular complexity index is 157. The first-order chi connectivity index (χ1) is 6.18. The molecule has 0 aromatic carbocycles. The maximum absolute atomic E-state index is 10.4. The Morgan fingerprint density at radius 3 is 2.77 bits per heavy atom. The van der Waals surface area contributed by atoms with Crippen molar-refractivity contribution in [3.8, 4) is 0 Å². The lowest BCUT2D eigenvalue weighted by Crippen LogP contribution is -2.34. The zero-order valence-electron chi connectivity index (χ0n) is 8.25. The fourth-order valence-corrected chi connectivity index (χ4v) is 0.996. The molecule has 3 heteroatoms.